The zero-order valence-corrected chi connectivity index (χ0v) is 15.2. The first-order chi connectivity index (χ1) is 11.6. The van der Waals surface area contributed by atoms with Crippen molar-refractivity contribution in [3.63, 3.8) is 0 Å². The summed E-state index contributed by atoms with van der Waals surface area (Å²) in [5, 5.41) is 18.2. The Morgan fingerprint density at radius 1 is 1.12 bits per heavy atom. The molecule has 134 valence electrons. The zero-order valence-electron chi connectivity index (χ0n) is 15.2. The second-order valence-corrected chi connectivity index (χ2v) is 6.98. The highest BCUT2D eigenvalue weighted by atomic mass is 16.4. The molecule has 0 aliphatic heterocycles. The van der Waals surface area contributed by atoms with Crippen LogP contribution in [-0.2, 0) is 16.6 Å². The van der Waals surface area contributed by atoms with Gasteiger partial charge in [-0.15, -0.1) is 0 Å². The second-order valence-electron chi connectivity index (χ2n) is 6.98. The number of rotatable bonds is 4. The third-order valence-electron chi connectivity index (χ3n) is 3.74. The molecule has 0 atom stereocenters. The molecule has 0 saturated carbocycles. The molecular formula is C21H26O4. The van der Waals surface area contributed by atoms with Crippen LogP contribution in [0.3, 0.4) is 0 Å². The number of carbonyl (C=O) groups is 2. The molecule has 0 radical (unpaired) electrons. The smallest absolute Gasteiger partial charge is 0.303 e. The van der Waals surface area contributed by atoms with Gasteiger partial charge in [-0.25, -0.2) is 0 Å². The third kappa shape index (κ3) is 6.79. The summed E-state index contributed by atoms with van der Waals surface area (Å²) < 4.78 is 0. The molecule has 0 bridgehead atoms. The molecule has 2 aromatic rings. The number of aryl methyl sites for hydroxylation is 2. The second kappa shape index (κ2) is 9.02. The van der Waals surface area contributed by atoms with E-state index in [0.717, 1.165) is 23.0 Å². The van der Waals surface area contributed by atoms with E-state index in [2.05, 4.69) is 0 Å². The predicted octanol–water partition coefficient (Wildman–Crippen LogP) is 4.51. The average Bonchev–Trinajstić information content (AvgIpc) is 2.55. The summed E-state index contributed by atoms with van der Waals surface area (Å²) in [4.78, 5) is 20.8. The molecule has 2 N–H and O–H groups in total. The first kappa shape index (κ1) is 20.4. The van der Waals surface area contributed by atoms with E-state index in [9.17, 15) is 14.7 Å². The maximum atomic E-state index is 10.7. The summed E-state index contributed by atoms with van der Waals surface area (Å²) in [5.74, 6) is -0.447. The minimum Gasteiger partial charge on any atom is -0.507 e. The fraction of sp³-hybridized carbons (Fsp3) is 0.333. The topological polar surface area (TPSA) is 74.6 Å². The Kier molecular flexibility index (Phi) is 7.37. The first-order valence-electron chi connectivity index (χ1n) is 8.20. The van der Waals surface area contributed by atoms with Crippen LogP contribution in [0.1, 0.15) is 54.2 Å². The predicted molar refractivity (Wildman–Crippen MR) is 99.3 cm³/mol. The largest absolute Gasteiger partial charge is 0.507 e. The summed E-state index contributed by atoms with van der Waals surface area (Å²) in [6.07, 6.45) is 1.64. The van der Waals surface area contributed by atoms with Crippen LogP contribution in [-0.4, -0.2) is 22.5 Å². The van der Waals surface area contributed by atoms with Crippen LogP contribution in [0, 0.1) is 6.92 Å². The normalized spacial score (nSPS) is 10.6. The van der Waals surface area contributed by atoms with Crippen LogP contribution in [0.2, 0.25) is 0 Å². The number of carboxylic acids is 1. The average molecular weight is 342 g/mol. The number of aldehydes is 1. The Hall–Kier alpha value is -2.62. The maximum Gasteiger partial charge on any atom is 0.303 e. The lowest BCUT2D eigenvalue weighted by Crippen LogP contribution is -2.12. The fourth-order valence-corrected chi connectivity index (χ4v) is 2.34. The van der Waals surface area contributed by atoms with Gasteiger partial charge in [0.1, 0.15) is 12.0 Å². The van der Waals surface area contributed by atoms with Crippen molar-refractivity contribution in [1.82, 2.24) is 0 Å². The molecule has 0 aromatic heterocycles. The molecule has 0 aliphatic carbocycles. The summed E-state index contributed by atoms with van der Waals surface area (Å²) in [6, 6.07) is 13.1. The molecule has 0 saturated heterocycles. The molecule has 0 amide bonds. The van der Waals surface area contributed by atoms with Crippen LogP contribution in [0.4, 0.5) is 0 Å². The van der Waals surface area contributed by atoms with E-state index in [0.29, 0.717) is 17.7 Å². The van der Waals surface area contributed by atoms with Crippen molar-refractivity contribution in [1.29, 1.82) is 0 Å². The van der Waals surface area contributed by atoms with Gasteiger partial charge in [0.25, 0.3) is 0 Å². The fourth-order valence-electron chi connectivity index (χ4n) is 2.34. The molecule has 4 nitrogen and oxygen atoms in total. The van der Waals surface area contributed by atoms with Gasteiger partial charge in [0.15, 0.2) is 0 Å². The summed E-state index contributed by atoms with van der Waals surface area (Å²) in [7, 11) is 0. The summed E-state index contributed by atoms with van der Waals surface area (Å²) in [5.41, 5.74) is 3.12. The van der Waals surface area contributed by atoms with E-state index >= 15 is 0 Å². The minimum atomic E-state index is -0.742. The Labute approximate surface area is 149 Å². The number of carbonyl (C=O) groups excluding carboxylic acids is 1. The Bertz CT molecular complexity index is 713. The van der Waals surface area contributed by atoms with E-state index in [4.69, 9.17) is 5.11 Å². The number of benzene rings is 2. The SMILES string of the molecule is Cc1cc(C=O)cc(C(C)(C)C)c1O.O=C(O)CCc1ccccc1. The van der Waals surface area contributed by atoms with Crippen LogP contribution < -0.4 is 0 Å². The van der Waals surface area contributed by atoms with Crippen molar-refractivity contribution in [2.24, 2.45) is 0 Å². The minimum absolute atomic E-state index is 0.145. The van der Waals surface area contributed by atoms with Gasteiger partial charge in [0.2, 0.25) is 0 Å². The number of aromatic hydroxyl groups is 1. The molecule has 4 heteroatoms. The van der Waals surface area contributed by atoms with E-state index in [1.54, 1.807) is 19.1 Å². The van der Waals surface area contributed by atoms with Crippen molar-refractivity contribution in [3.8, 4) is 5.75 Å². The third-order valence-corrected chi connectivity index (χ3v) is 3.74. The van der Waals surface area contributed by atoms with Crippen LogP contribution in [0.5, 0.6) is 5.75 Å². The summed E-state index contributed by atoms with van der Waals surface area (Å²) >= 11 is 0. The number of hydrogen-bond acceptors (Lipinski definition) is 3. The van der Waals surface area contributed by atoms with Gasteiger partial charge in [0, 0.05) is 17.5 Å². The van der Waals surface area contributed by atoms with E-state index in [-0.39, 0.29) is 11.8 Å². The first-order valence-corrected chi connectivity index (χ1v) is 8.20. The van der Waals surface area contributed by atoms with Crippen LogP contribution in [0.25, 0.3) is 0 Å². The van der Waals surface area contributed by atoms with Gasteiger partial charge in [-0.1, -0.05) is 51.1 Å². The maximum absolute atomic E-state index is 10.7. The van der Waals surface area contributed by atoms with Crippen molar-refractivity contribution in [2.75, 3.05) is 0 Å². The van der Waals surface area contributed by atoms with Gasteiger partial charge in [0.05, 0.1) is 0 Å². The van der Waals surface area contributed by atoms with Crippen molar-refractivity contribution >= 4 is 12.3 Å². The van der Waals surface area contributed by atoms with Crippen LogP contribution in [0.15, 0.2) is 42.5 Å². The number of carboxylic acid groups (broad SMARTS) is 1. The molecule has 0 unspecified atom stereocenters. The number of hydrogen-bond donors (Lipinski definition) is 2. The highest BCUT2D eigenvalue weighted by Gasteiger charge is 2.19. The standard InChI is InChI=1S/C12H16O2.C9H10O2/c1-8-5-9(7-13)6-10(11(8)14)12(2,3)4;10-9(11)7-6-8-4-2-1-3-5-8/h5-7,14H,1-4H3;1-5H,6-7H2,(H,10,11). The molecule has 0 spiro atoms. The zero-order chi connectivity index (χ0) is 19.0. The van der Waals surface area contributed by atoms with E-state index < -0.39 is 5.97 Å². The monoisotopic (exact) mass is 342 g/mol. The summed E-state index contributed by atoms with van der Waals surface area (Å²) in [6.45, 7) is 7.83. The van der Waals surface area contributed by atoms with Gasteiger partial charge in [-0.3, -0.25) is 9.59 Å². The molecule has 2 aromatic carbocycles. The molecule has 0 fully saturated rings. The lowest BCUT2D eigenvalue weighted by molar-refractivity contribution is -0.136. The highest BCUT2D eigenvalue weighted by Crippen LogP contribution is 2.33. The van der Waals surface area contributed by atoms with Gasteiger partial charge < -0.3 is 10.2 Å². The Balaban J connectivity index is 0.000000257. The van der Waals surface area contributed by atoms with Gasteiger partial charge in [-0.05, 0) is 42.0 Å². The molecular weight excluding hydrogens is 316 g/mol. The lowest BCUT2D eigenvalue weighted by Gasteiger charge is -2.21. The molecule has 2 rings (SSSR count). The van der Waals surface area contributed by atoms with Crippen LogP contribution >= 0.6 is 0 Å². The number of phenols is 1. The highest BCUT2D eigenvalue weighted by molar-refractivity contribution is 5.76. The number of aliphatic carboxylic acids is 1. The Morgan fingerprint density at radius 2 is 1.72 bits per heavy atom. The quantitative estimate of drug-likeness (QED) is 0.801. The molecule has 0 aliphatic rings. The molecule has 0 heterocycles. The van der Waals surface area contributed by atoms with Crippen molar-refractivity contribution in [3.05, 3.63) is 64.7 Å². The van der Waals surface area contributed by atoms with E-state index in [1.165, 1.54) is 0 Å². The van der Waals surface area contributed by atoms with Crippen molar-refractivity contribution in [2.45, 2.75) is 46.0 Å². The van der Waals surface area contributed by atoms with Gasteiger partial charge >= 0.3 is 5.97 Å². The van der Waals surface area contributed by atoms with Gasteiger partial charge in [-0.2, -0.15) is 0 Å². The molecule has 25 heavy (non-hydrogen) atoms. The Morgan fingerprint density at radius 3 is 2.20 bits per heavy atom. The van der Waals surface area contributed by atoms with Crippen molar-refractivity contribution < 1.29 is 19.8 Å². The van der Waals surface area contributed by atoms with E-state index in [1.807, 2.05) is 51.1 Å². The lowest BCUT2D eigenvalue weighted by atomic mass is 9.84. The number of phenolic OH excluding ortho intramolecular Hbond substituents is 1.